The van der Waals surface area contributed by atoms with Crippen LogP contribution in [0.15, 0.2) is 24.4 Å². The summed E-state index contributed by atoms with van der Waals surface area (Å²) in [5, 5.41) is 4.68. The molecule has 0 spiro atoms. The van der Waals surface area contributed by atoms with E-state index in [9.17, 15) is 0 Å². The molecule has 1 aromatic heterocycles. The molecule has 3 rings (SSSR count). The molecule has 1 saturated heterocycles. The van der Waals surface area contributed by atoms with Crippen LogP contribution in [0, 0.1) is 0 Å². The Balaban J connectivity index is 1.92. The molecule has 1 aliphatic rings. The van der Waals surface area contributed by atoms with Crippen molar-refractivity contribution in [3.05, 3.63) is 40.1 Å². The zero-order valence-electron chi connectivity index (χ0n) is 9.71. The van der Waals surface area contributed by atoms with Gasteiger partial charge in [-0.15, -0.1) is 0 Å². The van der Waals surface area contributed by atoms with E-state index in [1.54, 1.807) is 6.07 Å². The van der Waals surface area contributed by atoms with Gasteiger partial charge in [-0.3, -0.25) is 0 Å². The van der Waals surface area contributed by atoms with E-state index in [1.807, 2.05) is 18.3 Å². The Morgan fingerprint density at radius 3 is 2.89 bits per heavy atom. The highest BCUT2D eigenvalue weighted by atomic mass is 35.5. The van der Waals surface area contributed by atoms with Crippen molar-refractivity contribution in [1.82, 2.24) is 15.3 Å². The number of halogens is 2. The molecule has 0 bridgehead atoms. The van der Waals surface area contributed by atoms with E-state index in [0.717, 1.165) is 30.0 Å². The molecule has 18 heavy (non-hydrogen) atoms. The fourth-order valence-corrected chi connectivity index (χ4v) is 2.78. The van der Waals surface area contributed by atoms with Gasteiger partial charge in [0.1, 0.15) is 5.82 Å². The average molecular weight is 282 g/mol. The minimum atomic E-state index is 0.386. The molecular formula is C13H13Cl2N3. The van der Waals surface area contributed by atoms with Gasteiger partial charge in [0, 0.05) is 16.6 Å². The summed E-state index contributed by atoms with van der Waals surface area (Å²) in [6.45, 7) is 1.07. The van der Waals surface area contributed by atoms with E-state index < -0.39 is 0 Å². The lowest BCUT2D eigenvalue weighted by Gasteiger charge is -2.06. The lowest BCUT2D eigenvalue weighted by molar-refractivity contribution is 0.632. The largest absolute Gasteiger partial charge is 0.341 e. The van der Waals surface area contributed by atoms with E-state index in [-0.39, 0.29) is 0 Å². The first-order chi connectivity index (χ1) is 8.74. The smallest absolute Gasteiger partial charge is 0.139 e. The second-order valence-electron chi connectivity index (χ2n) is 4.46. The van der Waals surface area contributed by atoms with Crippen LogP contribution in [0.25, 0.3) is 11.4 Å². The van der Waals surface area contributed by atoms with Gasteiger partial charge >= 0.3 is 0 Å². The highest BCUT2D eigenvalue weighted by Crippen LogP contribution is 2.30. The van der Waals surface area contributed by atoms with Crippen LogP contribution in [0.1, 0.15) is 24.6 Å². The Morgan fingerprint density at radius 1 is 1.28 bits per heavy atom. The van der Waals surface area contributed by atoms with Crippen molar-refractivity contribution in [2.24, 2.45) is 0 Å². The van der Waals surface area contributed by atoms with Crippen LogP contribution in [0.3, 0.4) is 0 Å². The number of H-pyrrole nitrogens is 1. The number of hydrogen-bond acceptors (Lipinski definition) is 2. The van der Waals surface area contributed by atoms with Crippen molar-refractivity contribution < 1.29 is 0 Å². The summed E-state index contributed by atoms with van der Waals surface area (Å²) in [5.41, 5.74) is 2.00. The van der Waals surface area contributed by atoms with Gasteiger partial charge in [0.2, 0.25) is 0 Å². The van der Waals surface area contributed by atoms with Crippen LogP contribution in [0.4, 0.5) is 0 Å². The van der Waals surface area contributed by atoms with Crippen molar-refractivity contribution in [3.63, 3.8) is 0 Å². The minimum Gasteiger partial charge on any atom is -0.341 e. The van der Waals surface area contributed by atoms with Crippen molar-refractivity contribution in [1.29, 1.82) is 0 Å². The maximum atomic E-state index is 6.17. The molecule has 1 aliphatic heterocycles. The molecule has 0 saturated carbocycles. The molecule has 1 atom stereocenters. The van der Waals surface area contributed by atoms with Crippen molar-refractivity contribution >= 4 is 23.2 Å². The van der Waals surface area contributed by atoms with Gasteiger partial charge in [0.15, 0.2) is 0 Å². The number of benzene rings is 1. The zero-order chi connectivity index (χ0) is 12.5. The molecule has 94 valence electrons. The summed E-state index contributed by atoms with van der Waals surface area (Å²) < 4.78 is 0. The third-order valence-electron chi connectivity index (χ3n) is 3.22. The molecule has 3 nitrogen and oxygen atoms in total. The molecule has 0 amide bonds. The van der Waals surface area contributed by atoms with Gasteiger partial charge in [0.05, 0.1) is 16.9 Å². The minimum absolute atomic E-state index is 0.386. The standard InChI is InChI=1S/C13H13Cl2N3/c14-8-3-4-9(10(15)6-8)13-17-7-12(18-13)11-2-1-5-16-11/h3-4,6-7,11,16H,1-2,5H2,(H,17,18). The normalized spacial score (nSPS) is 19.3. The van der Waals surface area contributed by atoms with Crippen LogP contribution in [-0.4, -0.2) is 16.5 Å². The number of imidazole rings is 1. The first kappa shape index (κ1) is 12.0. The van der Waals surface area contributed by atoms with Gasteiger partial charge in [-0.2, -0.15) is 0 Å². The highest BCUT2D eigenvalue weighted by molar-refractivity contribution is 6.36. The third-order valence-corrected chi connectivity index (χ3v) is 3.77. The molecular weight excluding hydrogens is 269 g/mol. The highest BCUT2D eigenvalue weighted by Gasteiger charge is 2.19. The Labute approximate surface area is 116 Å². The molecule has 0 radical (unpaired) electrons. The third kappa shape index (κ3) is 2.26. The maximum absolute atomic E-state index is 6.17. The Kier molecular flexibility index (Phi) is 3.29. The molecule has 1 aromatic carbocycles. The molecule has 2 N–H and O–H groups in total. The fraction of sp³-hybridized carbons (Fsp3) is 0.308. The predicted octanol–water partition coefficient (Wildman–Crippen LogP) is 3.81. The van der Waals surface area contributed by atoms with Gasteiger partial charge in [0.25, 0.3) is 0 Å². The average Bonchev–Trinajstić information content (AvgIpc) is 2.99. The maximum Gasteiger partial charge on any atom is 0.139 e. The number of aromatic amines is 1. The quantitative estimate of drug-likeness (QED) is 0.879. The molecule has 1 fully saturated rings. The topological polar surface area (TPSA) is 40.7 Å². The van der Waals surface area contributed by atoms with Gasteiger partial charge < -0.3 is 10.3 Å². The van der Waals surface area contributed by atoms with E-state index in [1.165, 1.54) is 6.42 Å². The predicted molar refractivity (Wildman–Crippen MR) is 74.0 cm³/mol. The number of aromatic nitrogens is 2. The Morgan fingerprint density at radius 2 is 2.17 bits per heavy atom. The Bertz CT molecular complexity index is 559. The van der Waals surface area contributed by atoms with Crippen LogP contribution in [0.5, 0.6) is 0 Å². The van der Waals surface area contributed by atoms with Gasteiger partial charge in [-0.25, -0.2) is 4.98 Å². The van der Waals surface area contributed by atoms with Crippen LogP contribution >= 0.6 is 23.2 Å². The summed E-state index contributed by atoms with van der Waals surface area (Å²) in [5.74, 6) is 0.792. The second kappa shape index (κ2) is 4.92. The van der Waals surface area contributed by atoms with Crippen molar-refractivity contribution in [2.45, 2.75) is 18.9 Å². The summed E-state index contributed by atoms with van der Waals surface area (Å²) in [7, 11) is 0. The number of hydrogen-bond donors (Lipinski definition) is 2. The van der Waals surface area contributed by atoms with Crippen molar-refractivity contribution in [2.75, 3.05) is 6.54 Å². The van der Waals surface area contributed by atoms with Crippen LogP contribution < -0.4 is 5.32 Å². The van der Waals surface area contributed by atoms with Crippen molar-refractivity contribution in [3.8, 4) is 11.4 Å². The summed E-state index contributed by atoms with van der Waals surface area (Å²) >= 11 is 12.1. The van der Waals surface area contributed by atoms with E-state index in [2.05, 4.69) is 15.3 Å². The SMILES string of the molecule is Clc1ccc(-c2ncc(C3CCCN3)[nH]2)c(Cl)c1. The number of nitrogens with one attached hydrogen (secondary N) is 2. The summed E-state index contributed by atoms with van der Waals surface area (Å²) in [4.78, 5) is 7.73. The van der Waals surface area contributed by atoms with Crippen LogP contribution in [0.2, 0.25) is 10.0 Å². The molecule has 5 heteroatoms. The molecule has 2 heterocycles. The number of nitrogens with zero attached hydrogens (tertiary/aromatic N) is 1. The van der Waals surface area contributed by atoms with Gasteiger partial charge in [-0.1, -0.05) is 23.2 Å². The summed E-state index contributed by atoms with van der Waals surface area (Å²) in [6.07, 6.45) is 4.24. The zero-order valence-corrected chi connectivity index (χ0v) is 11.2. The van der Waals surface area contributed by atoms with E-state index >= 15 is 0 Å². The monoisotopic (exact) mass is 281 g/mol. The first-order valence-electron chi connectivity index (χ1n) is 5.98. The lowest BCUT2D eigenvalue weighted by Crippen LogP contribution is -2.12. The molecule has 0 aliphatic carbocycles. The first-order valence-corrected chi connectivity index (χ1v) is 6.73. The number of rotatable bonds is 2. The van der Waals surface area contributed by atoms with E-state index in [4.69, 9.17) is 23.2 Å². The van der Waals surface area contributed by atoms with Gasteiger partial charge in [-0.05, 0) is 37.6 Å². The lowest BCUT2D eigenvalue weighted by atomic mass is 10.2. The van der Waals surface area contributed by atoms with E-state index in [0.29, 0.717) is 16.1 Å². The summed E-state index contributed by atoms with van der Waals surface area (Å²) in [6, 6.07) is 5.82. The second-order valence-corrected chi connectivity index (χ2v) is 5.30. The molecule has 2 aromatic rings. The Hall–Kier alpha value is -1.03. The van der Waals surface area contributed by atoms with Crippen LogP contribution in [-0.2, 0) is 0 Å². The molecule has 1 unspecified atom stereocenters. The fourth-order valence-electron chi connectivity index (χ4n) is 2.28.